The minimum absolute atomic E-state index is 0.173. The lowest BCUT2D eigenvalue weighted by Gasteiger charge is -2.25. The standard InChI is InChI=1S/C85H143NO8/c1-6-8-10-12-14-16-18-20-22-24-26-28-30-32-34-36-38-39-40-41-42-43-44-45-46-48-50-52-54-56-58-60-62-64-66-68-70-72-74-76-83(88)94-81(80-93-85(84(89)90)91-78-77-86(3,4)5)79-92-82(87)75-73-71-69-67-65-63-61-59-57-55-53-51-49-47-37-35-33-31-29-27-25-23-21-19-17-15-13-11-9-7-2/h8,10,14,16,20,22,26,28,32,34,38-39,41-42,44-45,48,50,54,56,60,62,66,68,81,85H,6-7,9,11-13,15,17-19,21,23-25,27,29-31,33,35-37,40,43,46-47,49,51-53,55,57-59,61,63-65,67,69-80H2,1-5H3/p+1/b10-8-,16-14-,22-20-,28-26-,34-32-,39-38-,42-41-,45-44-,50-48-,56-54-,62-60-,68-66-. The molecule has 1 N–H and O–H groups in total. The number of aliphatic carboxylic acids is 1. The lowest BCUT2D eigenvalue weighted by Crippen LogP contribution is -2.40. The molecule has 0 aliphatic heterocycles. The van der Waals surface area contributed by atoms with Gasteiger partial charge in [0.05, 0.1) is 34.4 Å². The zero-order chi connectivity index (χ0) is 68.2. The van der Waals surface area contributed by atoms with E-state index in [9.17, 15) is 19.5 Å². The van der Waals surface area contributed by atoms with Crippen molar-refractivity contribution in [3.8, 4) is 0 Å². The van der Waals surface area contributed by atoms with Gasteiger partial charge in [-0.25, -0.2) is 4.79 Å². The van der Waals surface area contributed by atoms with Gasteiger partial charge < -0.3 is 28.5 Å². The summed E-state index contributed by atoms with van der Waals surface area (Å²) in [4.78, 5) is 37.7. The van der Waals surface area contributed by atoms with Crippen LogP contribution in [0.25, 0.3) is 0 Å². The maximum atomic E-state index is 12.9. The van der Waals surface area contributed by atoms with Gasteiger partial charge in [0.1, 0.15) is 13.2 Å². The number of nitrogens with zero attached hydrogens (tertiary/aromatic N) is 1. The molecule has 0 saturated heterocycles. The van der Waals surface area contributed by atoms with E-state index in [4.69, 9.17) is 18.9 Å². The highest BCUT2D eigenvalue weighted by atomic mass is 16.7. The number of carbonyl (C=O) groups is 3. The molecular weight excluding hydrogens is 1160 g/mol. The van der Waals surface area contributed by atoms with Crippen molar-refractivity contribution >= 4 is 17.9 Å². The fourth-order valence-electron chi connectivity index (χ4n) is 10.5. The van der Waals surface area contributed by atoms with E-state index in [0.29, 0.717) is 17.4 Å². The SMILES string of the molecule is CC/C=C\C/C=C\C/C=C\C/C=C\C/C=C\C/C=C\C/C=C\C/C=C\C/C=C\C/C=C\C/C=C\C/C=C\CCCCC(=O)OC(COC(=O)CCCCCCCCCCCCCCCCCCCCCCCCCCCCCCCC)COC(OCC[N+](C)(C)C)C(=O)O. The van der Waals surface area contributed by atoms with Crippen molar-refractivity contribution in [3.05, 3.63) is 146 Å². The Morgan fingerprint density at radius 1 is 0.330 bits per heavy atom. The summed E-state index contributed by atoms with van der Waals surface area (Å²) in [5.41, 5.74) is 0. The second-order valence-electron chi connectivity index (χ2n) is 26.6. The van der Waals surface area contributed by atoms with E-state index < -0.39 is 24.3 Å². The fraction of sp³-hybridized carbons (Fsp3) is 0.682. The van der Waals surface area contributed by atoms with Crippen LogP contribution in [-0.2, 0) is 33.3 Å². The molecule has 0 saturated carbocycles. The lowest BCUT2D eigenvalue weighted by molar-refractivity contribution is -0.870. The first kappa shape index (κ1) is 89.2. The minimum Gasteiger partial charge on any atom is -0.477 e. The van der Waals surface area contributed by atoms with Gasteiger partial charge >= 0.3 is 17.9 Å². The largest absolute Gasteiger partial charge is 0.477 e. The van der Waals surface area contributed by atoms with Crippen molar-refractivity contribution in [1.29, 1.82) is 0 Å². The van der Waals surface area contributed by atoms with Crippen LogP contribution in [0.4, 0.5) is 0 Å². The van der Waals surface area contributed by atoms with Crippen LogP contribution in [0.2, 0.25) is 0 Å². The van der Waals surface area contributed by atoms with Crippen molar-refractivity contribution in [2.24, 2.45) is 0 Å². The Bertz CT molecular complexity index is 2060. The van der Waals surface area contributed by atoms with Crippen molar-refractivity contribution < 1.29 is 42.9 Å². The maximum absolute atomic E-state index is 12.9. The molecule has 2 atom stereocenters. The van der Waals surface area contributed by atoms with Gasteiger partial charge in [0.25, 0.3) is 6.29 Å². The maximum Gasteiger partial charge on any atom is 0.361 e. The molecule has 0 radical (unpaired) electrons. The Morgan fingerprint density at radius 3 is 0.904 bits per heavy atom. The molecule has 0 bridgehead atoms. The molecule has 0 amide bonds. The molecule has 0 aromatic carbocycles. The van der Waals surface area contributed by atoms with Crippen LogP contribution in [0.1, 0.15) is 316 Å². The van der Waals surface area contributed by atoms with Crippen LogP contribution < -0.4 is 0 Å². The summed E-state index contributed by atoms with van der Waals surface area (Å²) in [6, 6.07) is 0. The molecule has 0 aromatic rings. The summed E-state index contributed by atoms with van der Waals surface area (Å²) in [6.45, 7) is 4.74. The number of hydrogen-bond acceptors (Lipinski definition) is 7. The van der Waals surface area contributed by atoms with Gasteiger partial charge in [-0.2, -0.15) is 0 Å². The van der Waals surface area contributed by atoms with Gasteiger partial charge in [0.15, 0.2) is 6.10 Å². The number of ether oxygens (including phenoxy) is 4. The molecule has 0 rings (SSSR count). The number of carbonyl (C=O) groups excluding carboxylic acids is 2. The number of hydrogen-bond donors (Lipinski definition) is 1. The van der Waals surface area contributed by atoms with E-state index >= 15 is 0 Å². The highest BCUT2D eigenvalue weighted by Crippen LogP contribution is 2.18. The Labute approximate surface area is 579 Å². The first-order chi connectivity index (χ1) is 46.1. The van der Waals surface area contributed by atoms with Gasteiger partial charge in [-0.1, -0.05) is 346 Å². The van der Waals surface area contributed by atoms with E-state index in [1.54, 1.807) is 0 Å². The Balaban J connectivity index is 4.19. The molecule has 0 aliphatic carbocycles. The third kappa shape index (κ3) is 74.6. The molecule has 0 aliphatic rings. The molecule has 9 nitrogen and oxygen atoms in total. The van der Waals surface area contributed by atoms with Gasteiger partial charge in [0, 0.05) is 12.8 Å². The molecule has 0 fully saturated rings. The van der Waals surface area contributed by atoms with E-state index in [2.05, 4.69) is 160 Å². The van der Waals surface area contributed by atoms with Crippen molar-refractivity contribution in [1.82, 2.24) is 0 Å². The zero-order valence-electron chi connectivity index (χ0n) is 61.3. The van der Waals surface area contributed by atoms with E-state index in [1.807, 2.05) is 21.1 Å². The third-order valence-electron chi connectivity index (χ3n) is 16.4. The summed E-state index contributed by atoms with van der Waals surface area (Å²) in [5.74, 6) is -2.07. The lowest BCUT2D eigenvalue weighted by atomic mass is 10.0. The van der Waals surface area contributed by atoms with Crippen molar-refractivity contribution in [2.75, 3.05) is 47.5 Å². The minimum atomic E-state index is -1.53. The van der Waals surface area contributed by atoms with E-state index in [0.717, 1.165) is 109 Å². The smallest absolute Gasteiger partial charge is 0.361 e. The molecule has 536 valence electrons. The number of quaternary nitrogens is 1. The summed E-state index contributed by atoms with van der Waals surface area (Å²) >= 11 is 0. The average molecular weight is 1310 g/mol. The molecule has 2 unspecified atom stereocenters. The number of carboxylic acids is 1. The highest BCUT2D eigenvalue weighted by molar-refractivity contribution is 5.71. The summed E-state index contributed by atoms with van der Waals surface area (Å²) in [6.07, 6.45) is 106. The van der Waals surface area contributed by atoms with E-state index in [1.165, 1.54) is 173 Å². The summed E-state index contributed by atoms with van der Waals surface area (Å²) in [7, 11) is 5.96. The Morgan fingerprint density at radius 2 is 0.606 bits per heavy atom. The zero-order valence-corrected chi connectivity index (χ0v) is 61.3. The predicted molar refractivity (Wildman–Crippen MR) is 405 cm³/mol. The van der Waals surface area contributed by atoms with Crippen LogP contribution in [0.15, 0.2) is 146 Å². The number of allylic oxidation sites excluding steroid dienone is 24. The third-order valence-corrected chi connectivity index (χ3v) is 16.4. The second-order valence-corrected chi connectivity index (χ2v) is 26.6. The monoisotopic (exact) mass is 1310 g/mol. The normalized spacial score (nSPS) is 13.5. The van der Waals surface area contributed by atoms with Crippen LogP contribution in [-0.4, -0.2) is 87.4 Å². The molecule has 0 heterocycles. The van der Waals surface area contributed by atoms with Gasteiger partial charge in [0.2, 0.25) is 0 Å². The van der Waals surface area contributed by atoms with Gasteiger partial charge in [-0.15, -0.1) is 0 Å². The fourth-order valence-corrected chi connectivity index (χ4v) is 10.5. The van der Waals surface area contributed by atoms with E-state index in [-0.39, 0.29) is 38.6 Å². The number of unbranched alkanes of at least 4 members (excludes halogenated alkanes) is 31. The quantitative estimate of drug-likeness (QED) is 0.0211. The Kier molecular flexibility index (Phi) is 70.2. The predicted octanol–water partition coefficient (Wildman–Crippen LogP) is 24.6. The number of likely N-dealkylation sites (N-methyl/N-ethyl adjacent to an activating group) is 1. The number of esters is 2. The van der Waals surface area contributed by atoms with Crippen molar-refractivity contribution in [2.45, 2.75) is 328 Å². The second kappa shape index (κ2) is 74.0. The summed E-state index contributed by atoms with van der Waals surface area (Å²) in [5, 5.41) is 9.76. The molecule has 0 aromatic heterocycles. The Hall–Kier alpha value is -4.83. The molecule has 9 heteroatoms. The van der Waals surface area contributed by atoms with Crippen LogP contribution in [0.3, 0.4) is 0 Å². The van der Waals surface area contributed by atoms with Crippen molar-refractivity contribution in [3.63, 3.8) is 0 Å². The first-order valence-electron chi connectivity index (χ1n) is 38.5. The molecule has 0 spiro atoms. The highest BCUT2D eigenvalue weighted by Gasteiger charge is 2.25. The van der Waals surface area contributed by atoms with Crippen LogP contribution >= 0.6 is 0 Å². The molecular formula is C85H144NO8+. The summed E-state index contributed by atoms with van der Waals surface area (Å²) < 4.78 is 22.9. The van der Waals surface area contributed by atoms with Crippen LogP contribution in [0, 0.1) is 0 Å². The number of carboxylic acid groups (broad SMARTS) is 1. The number of rotatable bonds is 70. The van der Waals surface area contributed by atoms with Gasteiger partial charge in [-0.05, 0) is 103 Å². The average Bonchev–Trinajstić information content (AvgIpc) is 3.76. The van der Waals surface area contributed by atoms with Crippen LogP contribution in [0.5, 0.6) is 0 Å². The first-order valence-corrected chi connectivity index (χ1v) is 38.5. The molecule has 94 heavy (non-hydrogen) atoms. The van der Waals surface area contributed by atoms with Gasteiger partial charge in [-0.3, -0.25) is 9.59 Å². The topological polar surface area (TPSA) is 108 Å².